The lowest BCUT2D eigenvalue weighted by molar-refractivity contribution is 0.101. The highest BCUT2D eigenvalue weighted by Gasteiger charge is 2.19. The molecule has 1 saturated heterocycles. The fourth-order valence-electron chi connectivity index (χ4n) is 3.99. The normalized spacial score (nSPS) is 17.8. The smallest absolute Gasteiger partial charge is 0.159 e. The first-order chi connectivity index (χ1) is 12.6. The van der Waals surface area contributed by atoms with E-state index in [0.717, 1.165) is 30.1 Å². The van der Waals surface area contributed by atoms with E-state index in [1.807, 2.05) is 24.3 Å². The summed E-state index contributed by atoms with van der Waals surface area (Å²) in [6.45, 7) is 6.31. The van der Waals surface area contributed by atoms with Gasteiger partial charge in [-0.25, -0.2) is 0 Å². The first-order valence-electron chi connectivity index (χ1n) is 9.57. The zero-order chi connectivity index (χ0) is 18.1. The van der Waals surface area contributed by atoms with Gasteiger partial charge in [-0.15, -0.1) is 0 Å². The van der Waals surface area contributed by atoms with E-state index in [4.69, 9.17) is 0 Å². The zero-order valence-corrected chi connectivity index (χ0v) is 15.6. The van der Waals surface area contributed by atoms with E-state index in [-0.39, 0.29) is 5.78 Å². The molecule has 1 aromatic heterocycles. The van der Waals surface area contributed by atoms with E-state index >= 15 is 0 Å². The van der Waals surface area contributed by atoms with Crippen molar-refractivity contribution in [2.75, 3.05) is 13.1 Å². The number of Topliss-reactive ketones (excluding diaryl/α,β-unsaturated/α-hetero) is 1. The second-order valence-electron chi connectivity index (χ2n) is 7.51. The van der Waals surface area contributed by atoms with Crippen LogP contribution in [0, 0.1) is 0 Å². The number of benzene rings is 2. The van der Waals surface area contributed by atoms with Gasteiger partial charge < -0.3 is 9.88 Å². The molecular formula is C23H26N2O. The van der Waals surface area contributed by atoms with Crippen molar-refractivity contribution in [2.24, 2.45) is 0 Å². The summed E-state index contributed by atoms with van der Waals surface area (Å²) in [5, 5.41) is 1.25. The van der Waals surface area contributed by atoms with Crippen molar-refractivity contribution < 1.29 is 4.79 Å². The second kappa shape index (κ2) is 7.08. The lowest BCUT2D eigenvalue weighted by atomic mass is 10.0. The summed E-state index contributed by atoms with van der Waals surface area (Å²) in [6.07, 6.45) is 3.74. The van der Waals surface area contributed by atoms with E-state index in [9.17, 15) is 4.79 Å². The molecule has 26 heavy (non-hydrogen) atoms. The number of aromatic nitrogens is 1. The molecule has 4 rings (SSSR count). The predicted molar refractivity (Wildman–Crippen MR) is 108 cm³/mol. The Bertz CT molecular complexity index is 923. The Hall–Kier alpha value is -2.39. The minimum absolute atomic E-state index is 0.106. The van der Waals surface area contributed by atoms with E-state index in [0.29, 0.717) is 0 Å². The van der Waals surface area contributed by atoms with Crippen molar-refractivity contribution in [2.45, 2.75) is 39.2 Å². The molecule has 3 heteroatoms. The highest BCUT2D eigenvalue weighted by Crippen LogP contribution is 2.26. The Morgan fingerprint density at radius 3 is 2.58 bits per heavy atom. The first kappa shape index (κ1) is 17.0. The van der Waals surface area contributed by atoms with Gasteiger partial charge in [-0.1, -0.05) is 30.3 Å². The van der Waals surface area contributed by atoms with E-state index in [2.05, 4.69) is 41.1 Å². The molecular weight excluding hydrogens is 320 g/mol. The molecule has 1 aliphatic heterocycles. The highest BCUT2D eigenvalue weighted by molar-refractivity contribution is 5.94. The molecule has 0 unspecified atom stereocenters. The van der Waals surface area contributed by atoms with Crippen molar-refractivity contribution >= 4 is 16.7 Å². The van der Waals surface area contributed by atoms with Gasteiger partial charge in [0.1, 0.15) is 0 Å². The lowest BCUT2D eigenvalue weighted by Crippen LogP contribution is -2.29. The van der Waals surface area contributed by atoms with Crippen LogP contribution < -0.4 is 0 Å². The monoisotopic (exact) mass is 346 g/mol. The number of hydrogen-bond donors (Lipinski definition) is 1. The lowest BCUT2D eigenvalue weighted by Gasteiger charge is -2.20. The summed E-state index contributed by atoms with van der Waals surface area (Å²) in [5.41, 5.74) is 5.59. The molecule has 0 saturated carbocycles. The Morgan fingerprint density at radius 2 is 1.88 bits per heavy atom. The third-order valence-corrected chi connectivity index (χ3v) is 5.66. The van der Waals surface area contributed by atoms with Gasteiger partial charge in [0, 0.05) is 41.2 Å². The Labute approximate surface area is 155 Å². The fraction of sp³-hybridized carbons (Fsp3) is 0.348. The molecule has 1 fully saturated rings. The van der Waals surface area contributed by atoms with Gasteiger partial charge in [0.2, 0.25) is 0 Å². The zero-order valence-electron chi connectivity index (χ0n) is 15.6. The highest BCUT2D eigenvalue weighted by atomic mass is 16.1. The maximum absolute atomic E-state index is 11.4. The number of fused-ring (bicyclic) bond motifs is 1. The van der Waals surface area contributed by atoms with Crippen molar-refractivity contribution in [3.8, 4) is 11.1 Å². The van der Waals surface area contributed by atoms with Gasteiger partial charge in [0.15, 0.2) is 5.78 Å². The minimum atomic E-state index is 0.106. The molecule has 2 aromatic carbocycles. The van der Waals surface area contributed by atoms with Crippen LogP contribution in [0.4, 0.5) is 0 Å². The van der Waals surface area contributed by atoms with E-state index in [1.165, 1.54) is 41.5 Å². The van der Waals surface area contributed by atoms with Crippen molar-refractivity contribution in [1.82, 2.24) is 9.88 Å². The average Bonchev–Trinajstić information content (AvgIpc) is 3.24. The van der Waals surface area contributed by atoms with Crippen LogP contribution in [-0.4, -0.2) is 34.8 Å². The van der Waals surface area contributed by atoms with Gasteiger partial charge >= 0.3 is 0 Å². The molecule has 1 N–H and O–H groups in total. The van der Waals surface area contributed by atoms with Crippen LogP contribution in [0.2, 0.25) is 0 Å². The van der Waals surface area contributed by atoms with Crippen molar-refractivity contribution in [3.63, 3.8) is 0 Å². The summed E-state index contributed by atoms with van der Waals surface area (Å²) in [6, 6.07) is 17.4. The Kier molecular flexibility index (Phi) is 4.64. The van der Waals surface area contributed by atoms with Crippen LogP contribution in [-0.2, 0) is 6.42 Å². The third-order valence-electron chi connectivity index (χ3n) is 5.66. The van der Waals surface area contributed by atoms with Gasteiger partial charge in [-0.3, -0.25) is 4.79 Å². The fourth-order valence-corrected chi connectivity index (χ4v) is 3.99. The van der Waals surface area contributed by atoms with Crippen LogP contribution in [0.3, 0.4) is 0 Å². The number of likely N-dealkylation sites (tertiary alicyclic amines) is 1. The molecule has 1 atom stereocenters. The topological polar surface area (TPSA) is 36.1 Å². The largest absolute Gasteiger partial charge is 0.358 e. The maximum atomic E-state index is 11.4. The molecule has 0 bridgehead atoms. The number of carbonyl (C=O) groups excluding carboxylic acids is 1. The van der Waals surface area contributed by atoms with E-state index in [1.54, 1.807) is 6.92 Å². The van der Waals surface area contributed by atoms with Gasteiger partial charge in [0.25, 0.3) is 0 Å². The van der Waals surface area contributed by atoms with Crippen LogP contribution in [0.15, 0.2) is 48.5 Å². The summed E-state index contributed by atoms with van der Waals surface area (Å²) < 4.78 is 0. The van der Waals surface area contributed by atoms with Gasteiger partial charge in [0.05, 0.1) is 0 Å². The molecule has 1 aliphatic rings. The molecule has 0 aliphatic carbocycles. The minimum Gasteiger partial charge on any atom is -0.358 e. The number of carbonyl (C=O) groups is 1. The van der Waals surface area contributed by atoms with Gasteiger partial charge in [-0.05, 0) is 62.6 Å². The third kappa shape index (κ3) is 3.45. The summed E-state index contributed by atoms with van der Waals surface area (Å²) in [4.78, 5) is 17.6. The summed E-state index contributed by atoms with van der Waals surface area (Å²) in [7, 11) is 0. The molecule has 0 spiro atoms. The second-order valence-corrected chi connectivity index (χ2v) is 7.51. The van der Waals surface area contributed by atoms with Crippen LogP contribution >= 0.6 is 0 Å². The molecule has 2 heterocycles. The molecule has 134 valence electrons. The molecule has 3 aromatic rings. The quantitative estimate of drug-likeness (QED) is 0.655. The van der Waals surface area contributed by atoms with Gasteiger partial charge in [-0.2, -0.15) is 0 Å². The van der Waals surface area contributed by atoms with Crippen molar-refractivity contribution in [3.05, 3.63) is 59.8 Å². The maximum Gasteiger partial charge on any atom is 0.159 e. The van der Waals surface area contributed by atoms with Crippen LogP contribution in [0.1, 0.15) is 42.7 Å². The van der Waals surface area contributed by atoms with E-state index < -0.39 is 0 Å². The number of ketones is 1. The first-order valence-corrected chi connectivity index (χ1v) is 9.57. The Morgan fingerprint density at radius 1 is 1.12 bits per heavy atom. The molecule has 0 amide bonds. The number of rotatable bonds is 5. The Balaban J connectivity index is 1.52. The average molecular weight is 346 g/mol. The number of aromatic amines is 1. The predicted octanol–water partition coefficient (Wildman–Crippen LogP) is 5.06. The summed E-state index contributed by atoms with van der Waals surface area (Å²) in [5.74, 6) is 0.106. The van der Waals surface area contributed by atoms with Crippen LogP contribution in [0.5, 0.6) is 0 Å². The summed E-state index contributed by atoms with van der Waals surface area (Å²) >= 11 is 0. The number of nitrogens with zero attached hydrogens (tertiary/aromatic N) is 1. The van der Waals surface area contributed by atoms with Crippen LogP contribution in [0.25, 0.3) is 22.0 Å². The number of H-pyrrole nitrogens is 1. The standard InChI is InChI=1S/C23H26N2O/c1-16-4-3-12-25(16)13-11-22-15-21-14-20(9-10-23(21)24-22)19-7-5-18(6-8-19)17(2)26/h5-10,14-16,24H,3-4,11-13H2,1-2H3/t16-/m1/s1. The number of hydrogen-bond acceptors (Lipinski definition) is 2. The molecule has 3 nitrogen and oxygen atoms in total. The SMILES string of the molecule is CC(=O)c1ccc(-c2ccc3[nH]c(CCN4CCC[C@H]4C)cc3c2)cc1. The molecule has 0 radical (unpaired) electrons. The van der Waals surface area contributed by atoms with Crippen molar-refractivity contribution in [1.29, 1.82) is 0 Å². The number of nitrogens with one attached hydrogen (secondary N) is 1.